The molecule has 0 aliphatic heterocycles. The van der Waals surface area contributed by atoms with Gasteiger partial charge in [0.05, 0.1) is 24.3 Å². The predicted octanol–water partition coefficient (Wildman–Crippen LogP) is 2.55. The highest BCUT2D eigenvalue weighted by Gasteiger charge is 2.26. The van der Waals surface area contributed by atoms with E-state index in [0.29, 0.717) is 22.8 Å². The Hall–Kier alpha value is -2.34. The summed E-state index contributed by atoms with van der Waals surface area (Å²) in [4.78, 5) is 26.2. The fourth-order valence-electron chi connectivity index (χ4n) is 2.93. The van der Waals surface area contributed by atoms with Crippen LogP contribution in [-0.4, -0.2) is 46.1 Å². The third-order valence-electron chi connectivity index (χ3n) is 4.54. The van der Waals surface area contributed by atoms with Crippen LogP contribution in [0.2, 0.25) is 5.02 Å². The second-order valence-corrected chi connectivity index (χ2v) is 7.21. The van der Waals surface area contributed by atoms with Crippen molar-refractivity contribution in [3.63, 3.8) is 0 Å². The van der Waals surface area contributed by atoms with Gasteiger partial charge >= 0.3 is 0 Å². The van der Waals surface area contributed by atoms with E-state index in [-0.39, 0.29) is 24.4 Å². The topological polar surface area (TPSA) is 67.2 Å². The van der Waals surface area contributed by atoms with E-state index in [1.54, 1.807) is 18.7 Å². The molecule has 138 valence electrons. The van der Waals surface area contributed by atoms with E-state index in [2.05, 4.69) is 10.4 Å². The molecule has 6 nitrogen and oxygen atoms in total. The smallest absolute Gasteiger partial charge is 0.257 e. The molecule has 1 saturated carbocycles. The number of likely N-dealkylation sites (N-methyl/N-ethyl adjacent to an activating group) is 1. The van der Waals surface area contributed by atoms with E-state index in [1.807, 2.05) is 31.2 Å². The van der Waals surface area contributed by atoms with E-state index in [9.17, 15) is 9.59 Å². The van der Waals surface area contributed by atoms with Gasteiger partial charge in [0.2, 0.25) is 5.91 Å². The van der Waals surface area contributed by atoms with Gasteiger partial charge in [0.25, 0.3) is 5.91 Å². The third-order valence-corrected chi connectivity index (χ3v) is 4.91. The Labute approximate surface area is 158 Å². The molecule has 0 saturated heterocycles. The highest BCUT2D eigenvalue weighted by Crippen LogP contribution is 2.21. The Kier molecular flexibility index (Phi) is 5.32. The van der Waals surface area contributed by atoms with E-state index < -0.39 is 0 Å². The van der Waals surface area contributed by atoms with Gasteiger partial charge in [0, 0.05) is 23.8 Å². The van der Waals surface area contributed by atoms with Gasteiger partial charge in [-0.05, 0) is 38.3 Å². The second-order valence-electron chi connectivity index (χ2n) is 6.80. The average molecular weight is 375 g/mol. The van der Waals surface area contributed by atoms with Crippen LogP contribution in [0.15, 0.2) is 24.3 Å². The van der Waals surface area contributed by atoms with Gasteiger partial charge in [-0.1, -0.05) is 29.8 Å². The zero-order valence-electron chi connectivity index (χ0n) is 15.3. The fourth-order valence-corrected chi connectivity index (χ4v) is 3.12. The first kappa shape index (κ1) is 18.5. The van der Waals surface area contributed by atoms with Gasteiger partial charge in [-0.15, -0.1) is 0 Å². The van der Waals surface area contributed by atoms with Gasteiger partial charge < -0.3 is 10.2 Å². The number of benzene rings is 1. The summed E-state index contributed by atoms with van der Waals surface area (Å²) in [6, 6.07) is 7.86. The summed E-state index contributed by atoms with van der Waals surface area (Å²) in [5, 5.41) is 8.06. The van der Waals surface area contributed by atoms with E-state index in [0.717, 1.165) is 24.1 Å². The molecule has 2 aromatic rings. The molecule has 0 atom stereocenters. The summed E-state index contributed by atoms with van der Waals surface area (Å²) in [5.74, 6) is -0.321. The lowest BCUT2D eigenvalue weighted by molar-refractivity contribution is -0.121. The van der Waals surface area contributed by atoms with Crippen molar-refractivity contribution in [1.29, 1.82) is 0 Å². The van der Waals surface area contributed by atoms with E-state index in [4.69, 9.17) is 11.6 Å². The number of hydrogen-bond donors (Lipinski definition) is 1. The molecule has 0 unspecified atom stereocenters. The molecule has 0 radical (unpaired) electrons. The minimum Gasteiger partial charge on any atom is -0.352 e. The van der Waals surface area contributed by atoms with Crippen LogP contribution in [0.5, 0.6) is 0 Å². The Balaban J connectivity index is 1.75. The molecular weight excluding hydrogens is 352 g/mol. The van der Waals surface area contributed by atoms with Gasteiger partial charge in [-0.25, -0.2) is 0 Å². The molecule has 1 aromatic heterocycles. The van der Waals surface area contributed by atoms with Gasteiger partial charge in [0.1, 0.15) is 0 Å². The normalized spacial score (nSPS) is 13.5. The molecule has 26 heavy (non-hydrogen) atoms. The average Bonchev–Trinajstić information content (AvgIpc) is 3.34. The molecule has 1 N–H and O–H groups in total. The van der Waals surface area contributed by atoms with Gasteiger partial charge in [0.15, 0.2) is 0 Å². The number of rotatable bonds is 6. The predicted molar refractivity (Wildman–Crippen MR) is 100 cm³/mol. The van der Waals surface area contributed by atoms with E-state index >= 15 is 0 Å². The zero-order chi connectivity index (χ0) is 18.8. The number of carbonyl (C=O) groups is 2. The lowest BCUT2D eigenvalue weighted by Crippen LogP contribution is -2.39. The van der Waals surface area contributed by atoms with Crippen molar-refractivity contribution in [2.45, 2.75) is 39.3 Å². The first-order valence-corrected chi connectivity index (χ1v) is 9.07. The lowest BCUT2D eigenvalue weighted by Gasteiger charge is -2.17. The van der Waals surface area contributed by atoms with Crippen LogP contribution in [0.1, 0.15) is 40.2 Å². The molecule has 7 heteroatoms. The number of hydrogen-bond acceptors (Lipinski definition) is 3. The number of aromatic nitrogens is 2. The van der Waals surface area contributed by atoms with Crippen LogP contribution in [0, 0.1) is 13.8 Å². The maximum atomic E-state index is 12.8. The Bertz CT molecular complexity index is 842. The van der Waals surface area contributed by atoms with Gasteiger partial charge in [-0.3, -0.25) is 14.3 Å². The van der Waals surface area contributed by atoms with Crippen molar-refractivity contribution in [2.24, 2.45) is 0 Å². The molecule has 0 spiro atoms. The highest BCUT2D eigenvalue weighted by atomic mass is 35.5. The summed E-state index contributed by atoms with van der Waals surface area (Å²) >= 11 is 6.23. The summed E-state index contributed by atoms with van der Waals surface area (Å²) < 4.78 is 1.78. The minimum atomic E-state index is -0.198. The molecule has 2 amide bonds. The summed E-state index contributed by atoms with van der Waals surface area (Å²) in [6.45, 7) is 4.21. The number of carbonyl (C=O) groups excluding carboxylic acids is 2. The van der Waals surface area contributed by atoms with Crippen LogP contribution in [0.3, 0.4) is 0 Å². The quantitative estimate of drug-likeness (QED) is 0.844. The van der Waals surface area contributed by atoms with Crippen molar-refractivity contribution in [3.05, 3.63) is 51.8 Å². The monoisotopic (exact) mass is 374 g/mol. The Morgan fingerprint density at radius 3 is 2.65 bits per heavy atom. The summed E-state index contributed by atoms with van der Waals surface area (Å²) in [7, 11) is 1.64. The maximum Gasteiger partial charge on any atom is 0.257 e. The summed E-state index contributed by atoms with van der Waals surface area (Å²) in [5.41, 5.74) is 2.89. The number of nitrogens with zero attached hydrogens (tertiary/aromatic N) is 3. The molecular formula is C19H23ClN4O2. The van der Waals surface area contributed by atoms with Crippen molar-refractivity contribution in [1.82, 2.24) is 20.0 Å². The maximum absolute atomic E-state index is 12.8. The standard InChI is InChI=1S/C19H23ClN4O2/c1-12-18(19(26)23(3)11-17(25)21-15-8-9-15)13(2)24(22-12)10-14-6-4-5-7-16(14)20/h4-7,15H,8-11H2,1-3H3,(H,21,25). The minimum absolute atomic E-state index is 0.0455. The number of aryl methyl sites for hydroxylation is 1. The molecule has 3 rings (SSSR count). The lowest BCUT2D eigenvalue weighted by atomic mass is 10.1. The molecule has 1 fully saturated rings. The number of halogens is 1. The highest BCUT2D eigenvalue weighted by molar-refractivity contribution is 6.31. The molecule has 0 bridgehead atoms. The number of nitrogens with one attached hydrogen (secondary N) is 1. The van der Waals surface area contributed by atoms with Crippen molar-refractivity contribution in [3.8, 4) is 0 Å². The molecule has 1 aliphatic rings. The van der Waals surface area contributed by atoms with Crippen LogP contribution in [-0.2, 0) is 11.3 Å². The van der Waals surface area contributed by atoms with Crippen LogP contribution in [0.25, 0.3) is 0 Å². The first-order valence-electron chi connectivity index (χ1n) is 8.69. The van der Waals surface area contributed by atoms with Gasteiger partial charge in [-0.2, -0.15) is 5.10 Å². The number of amides is 2. The van der Waals surface area contributed by atoms with Crippen molar-refractivity contribution in [2.75, 3.05) is 13.6 Å². The van der Waals surface area contributed by atoms with Crippen molar-refractivity contribution < 1.29 is 9.59 Å². The Morgan fingerprint density at radius 1 is 1.31 bits per heavy atom. The second kappa shape index (κ2) is 7.50. The fraction of sp³-hybridized carbons (Fsp3) is 0.421. The third kappa shape index (κ3) is 4.07. The molecule has 1 aliphatic carbocycles. The van der Waals surface area contributed by atoms with Crippen molar-refractivity contribution >= 4 is 23.4 Å². The van der Waals surface area contributed by atoms with E-state index in [1.165, 1.54) is 4.90 Å². The first-order chi connectivity index (χ1) is 12.4. The Morgan fingerprint density at radius 2 is 2.00 bits per heavy atom. The SMILES string of the molecule is Cc1nn(Cc2ccccc2Cl)c(C)c1C(=O)N(C)CC(=O)NC1CC1. The molecule has 1 aromatic carbocycles. The zero-order valence-corrected chi connectivity index (χ0v) is 16.0. The van der Waals surface area contributed by atoms with Crippen LogP contribution >= 0.6 is 11.6 Å². The van der Waals surface area contributed by atoms with Crippen LogP contribution in [0.4, 0.5) is 0 Å². The van der Waals surface area contributed by atoms with Crippen LogP contribution < -0.4 is 5.32 Å². The largest absolute Gasteiger partial charge is 0.352 e. The summed E-state index contributed by atoms with van der Waals surface area (Å²) in [6.07, 6.45) is 2.05. The molecule has 1 heterocycles.